The van der Waals surface area contributed by atoms with Crippen LogP contribution >= 0.6 is 0 Å². The Kier molecular flexibility index (Phi) is 5.63. The first-order chi connectivity index (χ1) is 23.5. The van der Waals surface area contributed by atoms with Crippen molar-refractivity contribution in [3.05, 3.63) is 163 Å². The lowest BCUT2D eigenvalue weighted by Gasteiger charge is -2.28. The molecular weight excluding hydrogens is 587 g/mol. The molecule has 0 amide bonds. The van der Waals surface area contributed by atoms with E-state index in [1.165, 1.54) is 33.4 Å². The minimum absolute atomic E-state index is 0.103. The zero-order valence-electron chi connectivity index (χ0n) is 26.7. The van der Waals surface area contributed by atoms with E-state index in [-0.39, 0.29) is 5.41 Å². The van der Waals surface area contributed by atoms with Crippen molar-refractivity contribution in [1.82, 2.24) is 0 Å². The summed E-state index contributed by atoms with van der Waals surface area (Å²) in [7, 11) is 0. The predicted molar refractivity (Wildman–Crippen MR) is 199 cm³/mol. The number of hydrogen-bond donors (Lipinski definition) is 0. The molecule has 0 radical (unpaired) electrons. The monoisotopic (exact) mass is 617 g/mol. The molecule has 48 heavy (non-hydrogen) atoms. The van der Waals surface area contributed by atoms with E-state index in [0.29, 0.717) is 0 Å². The zero-order valence-corrected chi connectivity index (χ0v) is 26.7. The van der Waals surface area contributed by atoms with Crippen LogP contribution in [-0.4, -0.2) is 0 Å². The van der Waals surface area contributed by atoms with Gasteiger partial charge in [-0.25, -0.2) is 0 Å². The van der Waals surface area contributed by atoms with E-state index in [1.807, 2.05) is 18.2 Å². The molecule has 0 N–H and O–H groups in total. The third-order valence-electron chi connectivity index (χ3n) is 10.3. The molecule has 0 saturated carbocycles. The molecular formula is C45H31NO2. The quantitative estimate of drug-likeness (QED) is 0.197. The van der Waals surface area contributed by atoms with Crippen LogP contribution in [0, 0.1) is 0 Å². The van der Waals surface area contributed by atoms with Crippen LogP contribution in [0.5, 0.6) is 0 Å². The summed E-state index contributed by atoms with van der Waals surface area (Å²) in [6, 6.07) is 54.1. The molecule has 0 aliphatic heterocycles. The van der Waals surface area contributed by atoms with E-state index < -0.39 is 0 Å². The summed E-state index contributed by atoms with van der Waals surface area (Å²) >= 11 is 0. The van der Waals surface area contributed by atoms with Crippen LogP contribution in [0.3, 0.4) is 0 Å². The summed E-state index contributed by atoms with van der Waals surface area (Å²) in [6.07, 6.45) is 0. The third-order valence-corrected chi connectivity index (χ3v) is 10.3. The van der Waals surface area contributed by atoms with Crippen LogP contribution in [0.4, 0.5) is 17.1 Å². The molecule has 10 rings (SSSR count). The Hall–Kier alpha value is -6.06. The Morgan fingerprint density at radius 1 is 0.438 bits per heavy atom. The SMILES string of the molecule is CC1(C)c2ccccc2-c2ccc(N(c3ccc(-c4ccccc4)cc3)c3ccc4oc5c(ccc6oc7ccccc7c65)c4c3)cc21. The second-order valence-electron chi connectivity index (χ2n) is 13.3. The molecule has 0 atom stereocenters. The Labute approximate surface area is 278 Å². The molecule has 1 aliphatic carbocycles. The summed E-state index contributed by atoms with van der Waals surface area (Å²) < 4.78 is 12.8. The fourth-order valence-electron chi connectivity index (χ4n) is 7.88. The number of furan rings is 2. The van der Waals surface area contributed by atoms with E-state index in [9.17, 15) is 0 Å². The van der Waals surface area contributed by atoms with Gasteiger partial charge in [-0.05, 0) is 94.0 Å². The van der Waals surface area contributed by atoms with Crippen LogP contribution in [0.2, 0.25) is 0 Å². The smallest absolute Gasteiger partial charge is 0.147 e. The van der Waals surface area contributed by atoms with Crippen molar-refractivity contribution in [2.24, 2.45) is 0 Å². The molecule has 0 spiro atoms. The molecule has 7 aromatic carbocycles. The van der Waals surface area contributed by atoms with E-state index in [2.05, 4.69) is 152 Å². The normalized spacial score (nSPS) is 13.4. The van der Waals surface area contributed by atoms with Gasteiger partial charge in [-0.15, -0.1) is 0 Å². The van der Waals surface area contributed by atoms with Crippen LogP contribution in [0.15, 0.2) is 160 Å². The number of fused-ring (bicyclic) bond motifs is 10. The largest absolute Gasteiger partial charge is 0.456 e. The first-order valence-corrected chi connectivity index (χ1v) is 16.5. The average molecular weight is 618 g/mol. The van der Waals surface area contributed by atoms with Gasteiger partial charge < -0.3 is 13.7 Å². The highest BCUT2D eigenvalue weighted by molar-refractivity contribution is 6.22. The van der Waals surface area contributed by atoms with E-state index in [1.54, 1.807) is 0 Å². The summed E-state index contributed by atoms with van der Waals surface area (Å²) in [5, 5.41) is 4.25. The highest BCUT2D eigenvalue weighted by Crippen LogP contribution is 2.51. The molecule has 0 unspecified atom stereocenters. The topological polar surface area (TPSA) is 29.5 Å². The number of nitrogens with zero attached hydrogens (tertiary/aromatic N) is 1. The van der Waals surface area contributed by atoms with Gasteiger partial charge in [-0.2, -0.15) is 0 Å². The van der Waals surface area contributed by atoms with Crippen molar-refractivity contribution in [2.45, 2.75) is 19.3 Å². The maximum atomic E-state index is 6.59. The van der Waals surface area contributed by atoms with Gasteiger partial charge in [-0.3, -0.25) is 0 Å². The Balaban J connectivity index is 1.17. The van der Waals surface area contributed by atoms with Crippen molar-refractivity contribution < 1.29 is 8.83 Å². The van der Waals surface area contributed by atoms with Crippen molar-refractivity contribution in [3.8, 4) is 22.3 Å². The number of hydrogen-bond acceptors (Lipinski definition) is 3. The molecule has 0 saturated heterocycles. The molecule has 2 aromatic heterocycles. The van der Waals surface area contributed by atoms with E-state index >= 15 is 0 Å². The van der Waals surface area contributed by atoms with Gasteiger partial charge in [-0.1, -0.05) is 105 Å². The first kappa shape index (κ1) is 27.1. The Bertz CT molecular complexity index is 2690. The lowest BCUT2D eigenvalue weighted by Crippen LogP contribution is -2.16. The highest BCUT2D eigenvalue weighted by Gasteiger charge is 2.35. The third kappa shape index (κ3) is 3.88. The average Bonchev–Trinajstić information content (AvgIpc) is 3.77. The predicted octanol–water partition coefficient (Wildman–Crippen LogP) is 12.9. The molecule has 3 heteroatoms. The second kappa shape index (κ2) is 9.97. The highest BCUT2D eigenvalue weighted by atomic mass is 16.3. The Morgan fingerprint density at radius 3 is 1.96 bits per heavy atom. The standard InChI is InChI=1S/C45H31NO2/c1-45(2)38-14-8-6-12-33(38)34-22-20-32(27-39(34)45)46(30-18-16-29(17-19-30)28-10-4-3-5-11-28)31-21-24-41-37(26-31)35-23-25-42-43(44(35)48-41)36-13-7-9-15-40(36)47-42/h3-27H,1-2H3. The maximum Gasteiger partial charge on any atom is 0.147 e. The lowest BCUT2D eigenvalue weighted by molar-refractivity contribution is 0.660. The van der Waals surface area contributed by atoms with Gasteiger partial charge in [0.05, 0.1) is 5.39 Å². The van der Waals surface area contributed by atoms with Crippen LogP contribution in [0.1, 0.15) is 25.0 Å². The van der Waals surface area contributed by atoms with E-state index in [4.69, 9.17) is 8.83 Å². The number of benzene rings is 7. The number of anilines is 3. The maximum absolute atomic E-state index is 6.59. The molecule has 228 valence electrons. The fourth-order valence-corrected chi connectivity index (χ4v) is 7.88. The van der Waals surface area contributed by atoms with Gasteiger partial charge in [0.15, 0.2) is 0 Å². The Morgan fingerprint density at radius 2 is 1.08 bits per heavy atom. The lowest BCUT2D eigenvalue weighted by atomic mass is 9.82. The number of para-hydroxylation sites is 1. The first-order valence-electron chi connectivity index (χ1n) is 16.5. The molecule has 0 bridgehead atoms. The molecule has 1 aliphatic rings. The van der Waals surface area contributed by atoms with Crippen LogP contribution < -0.4 is 4.90 Å². The minimum Gasteiger partial charge on any atom is -0.456 e. The van der Waals surface area contributed by atoms with Gasteiger partial charge in [0.25, 0.3) is 0 Å². The minimum atomic E-state index is -0.103. The second-order valence-corrected chi connectivity index (χ2v) is 13.3. The molecule has 0 fully saturated rings. The van der Waals surface area contributed by atoms with Gasteiger partial charge in [0.2, 0.25) is 0 Å². The van der Waals surface area contributed by atoms with Crippen molar-refractivity contribution in [3.63, 3.8) is 0 Å². The van der Waals surface area contributed by atoms with Gasteiger partial charge in [0.1, 0.15) is 22.3 Å². The number of rotatable bonds is 4. The van der Waals surface area contributed by atoms with Gasteiger partial charge >= 0.3 is 0 Å². The summed E-state index contributed by atoms with van der Waals surface area (Å²) in [5.74, 6) is 0. The van der Waals surface area contributed by atoms with Crippen LogP contribution in [-0.2, 0) is 5.41 Å². The molecule has 2 heterocycles. The zero-order chi connectivity index (χ0) is 32.0. The van der Waals surface area contributed by atoms with Crippen molar-refractivity contribution in [2.75, 3.05) is 4.90 Å². The summed E-state index contributed by atoms with van der Waals surface area (Å²) in [6.45, 7) is 4.68. The summed E-state index contributed by atoms with van der Waals surface area (Å²) in [4.78, 5) is 2.37. The molecule has 9 aromatic rings. The fraction of sp³-hybridized carbons (Fsp3) is 0.0667. The summed E-state index contributed by atoms with van der Waals surface area (Å²) in [5.41, 5.74) is 14.4. The van der Waals surface area contributed by atoms with Crippen molar-refractivity contribution in [1.29, 1.82) is 0 Å². The van der Waals surface area contributed by atoms with Crippen molar-refractivity contribution >= 4 is 60.9 Å². The molecule has 3 nitrogen and oxygen atoms in total. The van der Waals surface area contributed by atoms with Crippen LogP contribution in [0.25, 0.3) is 66.1 Å². The van der Waals surface area contributed by atoms with E-state index in [0.717, 1.165) is 60.9 Å². The van der Waals surface area contributed by atoms with Gasteiger partial charge in [0, 0.05) is 38.6 Å².